The lowest BCUT2D eigenvalue weighted by Crippen LogP contribution is -2.44. The Morgan fingerprint density at radius 1 is 1.38 bits per heavy atom. The van der Waals surface area contributed by atoms with E-state index in [9.17, 15) is 13.2 Å². The van der Waals surface area contributed by atoms with Crippen molar-refractivity contribution in [3.8, 4) is 0 Å². The van der Waals surface area contributed by atoms with Crippen LogP contribution in [-0.2, 0) is 12.7 Å². The molecule has 2 rings (SSSR count). The number of nitrogens with zero attached hydrogens (tertiary/aromatic N) is 2. The van der Waals surface area contributed by atoms with Crippen molar-refractivity contribution in [3.05, 3.63) is 29.3 Å². The van der Waals surface area contributed by atoms with Crippen molar-refractivity contribution >= 4 is 5.69 Å². The third-order valence-corrected chi connectivity index (χ3v) is 4.08. The van der Waals surface area contributed by atoms with Crippen LogP contribution in [0.3, 0.4) is 0 Å². The Bertz CT molecular complexity index is 488. The van der Waals surface area contributed by atoms with Gasteiger partial charge < -0.3 is 10.6 Å². The van der Waals surface area contributed by atoms with E-state index in [1.165, 1.54) is 12.1 Å². The van der Waals surface area contributed by atoms with Gasteiger partial charge in [0.25, 0.3) is 0 Å². The first-order valence-electron chi connectivity index (χ1n) is 7.12. The van der Waals surface area contributed by atoms with Gasteiger partial charge in [-0.25, -0.2) is 0 Å². The SMILES string of the molecule is CN1CCCC(N(C)Cc2ccc(N)cc2C(F)(F)F)C1. The number of halogens is 3. The molecule has 118 valence electrons. The molecule has 0 bridgehead atoms. The van der Waals surface area contributed by atoms with Gasteiger partial charge in [-0.3, -0.25) is 4.90 Å². The summed E-state index contributed by atoms with van der Waals surface area (Å²) in [5.74, 6) is 0. The summed E-state index contributed by atoms with van der Waals surface area (Å²) in [6.07, 6.45) is -2.26. The van der Waals surface area contributed by atoms with Gasteiger partial charge in [-0.15, -0.1) is 0 Å². The molecular weight excluding hydrogens is 279 g/mol. The molecule has 2 N–H and O–H groups in total. The molecule has 0 aliphatic carbocycles. The largest absolute Gasteiger partial charge is 0.416 e. The number of benzene rings is 1. The highest BCUT2D eigenvalue weighted by Gasteiger charge is 2.34. The summed E-state index contributed by atoms with van der Waals surface area (Å²) in [6, 6.07) is 4.34. The Morgan fingerprint density at radius 3 is 2.71 bits per heavy atom. The number of nitrogens with two attached hydrogens (primary N) is 1. The molecule has 1 aromatic carbocycles. The van der Waals surface area contributed by atoms with E-state index >= 15 is 0 Å². The Balaban J connectivity index is 2.15. The first-order valence-corrected chi connectivity index (χ1v) is 7.12. The number of rotatable bonds is 3. The van der Waals surface area contributed by atoms with Crippen LogP contribution in [0.15, 0.2) is 18.2 Å². The monoisotopic (exact) mass is 301 g/mol. The Hall–Kier alpha value is -1.27. The van der Waals surface area contributed by atoms with Crippen LogP contribution in [0, 0.1) is 0 Å². The summed E-state index contributed by atoms with van der Waals surface area (Å²) < 4.78 is 39.3. The van der Waals surface area contributed by atoms with Gasteiger partial charge in [0.2, 0.25) is 0 Å². The molecule has 1 aliphatic heterocycles. The van der Waals surface area contributed by atoms with Crippen LogP contribution >= 0.6 is 0 Å². The van der Waals surface area contributed by atoms with E-state index in [1.54, 1.807) is 0 Å². The van der Waals surface area contributed by atoms with E-state index in [2.05, 4.69) is 4.90 Å². The zero-order valence-electron chi connectivity index (χ0n) is 12.5. The van der Waals surface area contributed by atoms with E-state index in [0.717, 1.165) is 32.0 Å². The third-order valence-electron chi connectivity index (χ3n) is 4.08. The van der Waals surface area contributed by atoms with Gasteiger partial charge in [0.1, 0.15) is 0 Å². The minimum Gasteiger partial charge on any atom is -0.399 e. The summed E-state index contributed by atoms with van der Waals surface area (Å²) >= 11 is 0. The molecule has 0 aromatic heterocycles. The molecule has 0 radical (unpaired) electrons. The summed E-state index contributed by atoms with van der Waals surface area (Å²) in [7, 11) is 3.94. The topological polar surface area (TPSA) is 32.5 Å². The van der Waals surface area contributed by atoms with Crippen LogP contribution < -0.4 is 5.73 Å². The van der Waals surface area contributed by atoms with Gasteiger partial charge in [-0.05, 0) is 51.2 Å². The number of nitrogen functional groups attached to an aromatic ring is 1. The molecular formula is C15H22F3N3. The second kappa shape index (κ2) is 6.23. The first kappa shape index (κ1) is 16.1. The maximum atomic E-state index is 13.1. The molecule has 21 heavy (non-hydrogen) atoms. The van der Waals surface area contributed by atoms with Gasteiger partial charge in [-0.2, -0.15) is 13.2 Å². The molecule has 0 spiro atoms. The first-order chi connectivity index (χ1) is 9.77. The highest BCUT2D eigenvalue weighted by atomic mass is 19.4. The molecule has 0 saturated carbocycles. The zero-order chi connectivity index (χ0) is 15.6. The van der Waals surface area contributed by atoms with Crippen LogP contribution in [-0.4, -0.2) is 43.0 Å². The van der Waals surface area contributed by atoms with E-state index in [1.807, 2.05) is 19.0 Å². The number of piperidine rings is 1. The third kappa shape index (κ3) is 4.11. The van der Waals surface area contributed by atoms with Crippen molar-refractivity contribution in [1.29, 1.82) is 0 Å². The Morgan fingerprint density at radius 2 is 2.10 bits per heavy atom. The predicted molar refractivity (Wildman–Crippen MR) is 77.8 cm³/mol. The van der Waals surface area contributed by atoms with E-state index in [4.69, 9.17) is 5.73 Å². The van der Waals surface area contributed by atoms with Crippen molar-refractivity contribution in [2.75, 3.05) is 32.9 Å². The van der Waals surface area contributed by atoms with Crippen molar-refractivity contribution in [2.24, 2.45) is 0 Å². The van der Waals surface area contributed by atoms with Crippen LogP contribution in [0.25, 0.3) is 0 Å². The molecule has 1 heterocycles. The maximum absolute atomic E-state index is 13.1. The summed E-state index contributed by atoms with van der Waals surface area (Å²) in [5, 5.41) is 0. The molecule has 1 unspecified atom stereocenters. The van der Waals surface area contributed by atoms with Crippen LogP contribution in [0.4, 0.5) is 18.9 Å². The second-order valence-corrected chi connectivity index (χ2v) is 5.89. The minimum absolute atomic E-state index is 0.145. The van der Waals surface area contributed by atoms with Crippen LogP contribution in [0.1, 0.15) is 24.0 Å². The van der Waals surface area contributed by atoms with Gasteiger partial charge in [-0.1, -0.05) is 6.07 Å². The zero-order valence-corrected chi connectivity index (χ0v) is 12.5. The number of anilines is 1. The standard InChI is InChI=1S/C15H22F3N3/c1-20-7-3-4-13(10-20)21(2)9-11-5-6-12(19)8-14(11)15(16,17)18/h5-6,8,13H,3-4,7,9-10,19H2,1-2H3. The second-order valence-electron chi connectivity index (χ2n) is 5.89. The molecule has 0 amide bonds. The smallest absolute Gasteiger partial charge is 0.399 e. The quantitative estimate of drug-likeness (QED) is 0.871. The van der Waals surface area contributed by atoms with Crippen molar-refractivity contribution in [2.45, 2.75) is 31.6 Å². The maximum Gasteiger partial charge on any atom is 0.416 e. The molecule has 1 aliphatic rings. The number of hydrogen-bond acceptors (Lipinski definition) is 3. The van der Waals surface area contributed by atoms with E-state index in [0.29, 0.717) is 6.04 Å². The number of likely N-dealkylation sites (N-methyl/N-ethyl adjacent to an activating group) is 2. The highest BCUT2D eigenvalue weighted by molar-refractivity contribution is 5.46. The van der Waals surface area contributed by atoms with E-state index in [-0.39, 0.29) is 17.8 Å². The number of hydrogen-bond donors (Lipinski definition) is 1. The lowest BCUT2D eigenvalue weighted by atomic mass is 10.0. The molecule has 3 nitrogen and oxygen atoms in total. The van der Waals surface area contributed by atoms with Crippen molar-refractivity contribution in [3.63, 3.8) is 0 Å². The minimum atomic E-state index is -4.37. The van der Waals surface area contributed by atoms with E-state index < -0.39 is 11.7 Å². The van der Waals surface area contributed by atoms with Crippen LogP contribution in [0.5, 0.6) is 0 Å². The molecule has 1 atom stereocenters. The Labute approximate surface area is 123 Å². The number of alkyl halides is 3. The lowest BCUT2D eigenvalue weighted by Gasteiger charge is -2.36. The van der Waals surface area contributed by atoms with Gasteiger partial charge in [0, 0.05) is 24.8 Å². The molecule has 1 aromatic rings. The van der Waals surface area contributed by atoms with Gasteiger partial charge in [0.05, 0.1) is 5.56 Å². The van der Waals surface area contributed by atoms with Gasteiger partial charge in [0.15, 0.2) is 0 Å². The lowest BCUT2D eigenvalue weighted by molar-refractivity contribution is -0.138. The van der Waals surface area contributed by atoms with Crippen LogP contribution in [0.2, 0.25) is 0 Å². The fraction of sp³-hybridized carbons (Fsp3) is 0.600. The summed E-state index contributed by atoms with van der Waals surface area (Å²) in [4.78, 5) is 4.23. The van der Waals surface area contributed by atoms with Gasteiger partial charge >= 0.3 is 6.18 Å². The predicted octanol–water partition coefficient (Wildman–Crippen LogP) is 2.81. The number of likely N-dealkylation sites (tertiary alicyclic amines) is 1. The Kier molecular flexibility index (Phi) is 4.78. The highest BCUT2D eigenvalue weighted by Crippen LogP contribution is 2.34. The van der Waals surface area contributed by atoms with Crippen molar-refractivity contribution < 1.29 is 13.2 Å². The van der Waals surface area contributed by atoms with Crippen molar-refractivity contribution in [1.82, 2.24) is 9.80 Å². The normalized spacial score (nSPS) is 21.0. The average molecular weight is 301 g/mol. The fourth-order valence-corrected chi connectivity index (χ4v) is 2.89. The summed E-state index contributed by atoms with van der Waals surface area (Å²) in [5.41, 5.74) is 5.30. The molecule has 1 fully saturated rings. The summed E-state index contributed by atoms with van der Waals surface area (Å²) in [6.45, 7) is 2.24. The average Bonchev–Trinajstić information content (AvgIpc) is 2.39. The molecule has 6 heteroatoms. The fourth-order valence-electron chi connectivity index (χ4n) is 2.89. The molecule has 1 saturated heterocycles.